The van der Waals surface area contributed by atoms with Gasteiger partial charge in [0.2, 0.25) is 0 Å². The van der Waals surface area contributed by atoms with Crippen LogP contribution in [0.3, 0.4) is 0 Å². The molecule has 0 bridgehead atoms. The number of rotatable bonds is 6. The minimum atomic E-state index is -0.878. The fourth-order valence-electron chi connectivity index (χ4n) is 2.50. The Hall–Kier alpha value is -1.14. The van der Waals surface area contributed by atoms with Crippen LogP contribution < -0.4 is 4.90 Å². The molecular formula is C15H24N2O3S. The number of carboxylic acids is 1. The first-order valence-corrected chi connectivity index (χ1v) is 8.41. The minimum absolute atomic E-state index is 0.167. The van der Waals surface area contributed by atoms with Gasteiger partial charge in [-0.15, -0.1) is 0 Å². The molecule has 1 aliphatic heterocycles. The SMILES string of the molecule is CCC(C)c1nc(N(C)CC2CCCCO2)sc1C(=O)O. The maximum absolute atomic E-state index is 11.4. The largest absolute Gasteiger partial charge is 0.477 e. The molecule has 0 saturated carbocycles. The van der Waals surface area contributed by atoms with Gasteiger partial charge in [0.15, 0.2) is 5.13 Å². The number of anilines is 1. The number of hydrogen-bond acceptors (Lipinski definition) is 5. The van der Waals surface area contributed by atoms with Gasteiger partial charge >= 0.3 is 5.97 Å². The number of thiazole rings is 1. The highest BCUT2D eigenvalue weighted by Crippen LogP contribution is 2.32. The third-order valence-corrected chi connectivity index (χ3v) is 5.17. The third-order valence-electron chi connectivity index (χ3n) is 3.99. The standard InChI is InChI=1S/C15H24N2O3S/c1-4-10(2)12-13(14(18)19)21-15(16-12)17(3)9-11-7-5-6-8-20-11/h10-11H,4-9H2,1-3H3,(H,18,19). The molecule has 2 heterocycles. The van der Waals surface area contributed by atoms with E-state index in [0.717, 1.165) is 37.5 Å². The van der Waals surface area contributed by atoms with Crippen LogP contribution in [-0.4, -0.2) is 42.4 Å². The highest BCUT2D eigenvalue weighted by atomic mass is 32.1. The van der Waals surface area contributed by atoms with E-state index in [1.807, 2.05) is 18.9 Å². The van der Waals surface area contributed by atoms with Gasteiger partial charge in [-0.25, -0.2) is 9.78 Å². The number of ether oxygens (including phenoxy) is 1. The molecule has 2 rings (SSSR count). The molecule has 1 aromatic rings. The van der Waals surface area contributed by atoms with Crippen LogP contribution in [0, 0.1) is 0 Å². The van der Waals surface area contributed by atoms with Crippen LogP contribution in [0.4, 0.5) is 5.13 Å². The van der Waals surface area contributed by atoms with Gasteiger partial charge in [-0.2, -0.15) is 0 Å². The zero-order chi connectivity index (χ0) is 15.4. The minimum Gasteiger partial charge on any atom is -0.477 e. The third kappa shape index (κ3) is 3.95. The average molecular weight is 312 g/mol. The second-order valence-corrected chi connectivity index (χ2v) is 6.67. The number of aromatic nitrogens is 1. The predicted molar refractivity (Wildman–Crippen MR) is 84.6 cm³/mol. The molecule has 0 aliphatic carbocycles. The summed E-state index contributed by atoms with van der Waals surface area (Å²) in [7, 11) is 1.96. The fraction of sp³-hybridized carbons (Fsp3) is 0.733. The molecule has 5 nitrogen and oxygen atoms in total. The normalized spacial score (nSPS) is 20.2. The van der Waals surface area contributed by atoms with E-state index in [4.69, 9.17) is 4.74 Å². The van der Waals surface area contributed by atoms with Crippen molar-refractivity contribution in [1.29, 1.82) is 0 Å². The summed E-state index contributed by atoms with van der Waals surface area (Å²) in [5.74, 6) is -0.711. The van der Waals surface area contributed by atoms with Crippen molar-refractivity contribution in [3.63, 3.8) is 0 Å². The number of likely N-dealkylation sites (N-methyl/N-ethyl adjacent to an activating group) is 1. The maximum atomic E-state index is 11.4. The summed E-state index contributed by atoms with van der Waals surface area (Å²) in [5.41, 5.74) is 0.710. The van der Waals surface area contributed by atoms with Crippen molar-refractivity contribution < 1.29 is 14.6 Å². The van der Waals surface area contributed by atoms with E-state index in [1.54, 1.807) is 0 Å². The lowest BCUT2D eigenvalue weighted by Crippen LogP contribution is -2.33. The number of carboxylic acid groups (broad SMARTS) is 1. The zero-order valence-corrected chi connectivity index (χ0v) is 13.8. The average Bonchev–Trinajstić information content (AvgIpc) is 2.93. The van der Waals surface area contributed by atoms with Gasteiger partial charge in [0.1, 0.15) is 4.88 Å². The van der Waals surface area contributed by atoms with Crippen molar-refractivity contribution in [3.05, 3.63) is 10.6 Å². The molecule has 1 fully saturated rings. The Morgan fingerprint density at radius 1 is 1.57 bits per heavy atom. The second kappa shape index (κ2) is 7.22. The van der Waals surface area contributed by atoms with E-state index in [9.17, 15) is 9.90 Å². The Morgan fingerprint density at radius 2 is 2.33 bits per heavy atom. The Labute approximate surface area is 129 Å². The van der Waals surface area contributed by atoms with Crippen LogP contribution >= 0.6 is 11.3 Å². The molecule has 1 aliphatic rings. The van der Waals surface area contributed by atoms with Gasteiger partial charge < -0.3 is 14.7 Å². The van der Waals surface area contributed by atoms with Crippen LogP contribution in [0.25, 0.3) is 0 Å². The van der Waals surface area contributed by atoms with Crippen molar-refractivity contribution in [3.8, 4) is 0 Å². The van der Waals surface area contributed by atoms with Gasteiger partial charge in [-0.05, 0) is 31.6 Å². The fourth-order valence-corrected chi connectivity index (χ4v) is 3.49. The number of aromatic carboxylic acids is 1. The van der Waals surface area contributed by atoms with Crippen LogP contribution in [0.2, 0.25) is 0 Å². The first kappa shape index (κ1) is 16.2. The van der Waals surface area contributed by atoms with Crippen LogP contribution in [-0.2, 0) is 4.74 Å². The monoisotopic (exact) mass is 312 g/mol. The Balaban J connectivity index is 2.13. The Morgan fingerprint density at radius 3 is 2.90 bits per heavy atom. The van der Waals surface area contributed by atoms with E-state index in [2.05, 4.69) is 11.9 Å². The molecular weight excluding hydrogens is 288 g/mol. The lowest BCUT2D eigenvalue weighted by Gasteiger charge is -2.27. The second-order valence-electron chi connectivity index (χ2n) is 5.69. The van der Waals surface area contributed by atoms with Crippen LogP contribution in [0.15, 0.2) is 0 Å². The van der Waals surface area contributed by atoms with Gasteiger partial charge in [0, 0.05) is 20.2 Å². The molecule has 21 heavy (non-hydrogen) atoms. The highest BCUT2D eigenvalue weighted by molar-refractivity contribution is 7.17. The summed E-state index contributed by atoms with van der Waals surface area (Å²) in [6.07, 6.45) is 4.53. The number of nitrogens with zero attached hydrogens (tertiary/aromatic N) is 2. The van der Waals surface area contributed by atoms with E-state index in [1.165, 1.54) is 17.8 Å². The molecule has 118 valence electrons. The van der Waals surface area contributed by atoms with Crippen LogP contribution in [0.1, 0.15) is 60.8 Å². The molecule has 6 heteroatoms. The summed E-state index contributed by atoms with van der Waals surface area (Å²) in [6.45, 7) is 5.67. The molecule has 0 spiro atoms. The van der Waals surface area contributed by atoms with E-state index < -0.39 is 5.97 Å². The number of carbonyl (C=O) groups is 1. The lowest BCUT2D eigenvalue weighted by atomic mass is 10.0. The van der Waals surface area contributed by atoms with Gasteiger partial charge in [-0.1, -0.05) is 25.2 Å². The molecule has 1 saturated heterocycles. The van der Waals surface area contributed by atoms with Crippen molar-refractivity contribution in [2.75, 3.05) is 25.1 Å². The maximum Gasteiger partial charge on any atom is 0.347 e. The van der Waals surface area contributed by atoms with Crippen molar-refractivity contribution in [2.24, 2.45) is 0 Å². The lowest BCUT2D eigenvalue weighted by molar-refractivity contribution is 0.0216. The smallest absolute Gasteiger partial charge is 0.347 e. The summed E-state index contributed by atoms with van der Waals surface area (Å²) in [4.78, 5) is 18.4. The van der Waals surface area contributed by atoms with E-state index in [-0.39, 0.29) is 12.0 Å². The van der Waals surface area contributed by atoms with Crippen molar-refractivity contribution in [2.45, 2.75) is 51.6 Å². The number of hydrogen-bond donors (Lipinski definition) is 1. The molecule has 0 amide bonds. The topological polar surface area (TPSA) is 62.7 Å². The van der Waals surface area contributed by atoms with Crippen LogP contribution in [0.5, 0.6) is 0 Å². The van der Waals surface area contributed by atoms with E-state index in [0.29, 0.717) is 10.6 Å². The Bertz CT molecular complexity index is 483. The summed E-state index contributed by atoms with van der Waals surface area (Å²) in [6, 6.07) is 0. The predicted octanol–water partition coefficient (Wildman–Crippen LogP) is 3.36. The van der Waals surface area contributed by atoms with Crippen molar-refractivity contribution >= 4 is 22.4 Å². The van der Waals surface area contributed by atoms with Crippen molar-refractivity contribution in [1.82, 2.24) is 4.98 Å². The summed E-state index contributed by atoms with van der Waals surface area (Å²) >= 11 is 1.27. The highest BCUT2D eigenvalue weighted by Gasteiger charge is 2.24. The first-order valence-electron chi connectivity index (χ1n) is 7.59. The molecule has 2 unspecified atom stereocenters. The molecule has 2 atom stereocenters. The van der Waals surface area contributed by atoms with E-state index >= 15 is 0 Å². The molecule has 0 aromatic carbocycles. The Kier molecular flexibility index (Phi) is 5.58. The van der Waals surface area contributed by atoms with Gasteiger partial charge in [0.25, 0.3) is 0 Å². The van der Waals surface area contributed by atoms with Gasteiger partial charge in [-0.3, -0.25) is 0 Å². The zero-order valence-electron chi connectivity index (χ0n) is 13.0. The molecule has 1 N–H and O–H groups in total. The summed E-state index contributed by atoms with van der Waals surface area (Å²) < 4.78 is 5.74. The summed E-state index contributed by atoms with van der Waals surface area (Å²) in [5, 5.41) is 10.1. The first-order chi connectivity index (χ1) is 10.0. The molecule has 1 aromatic heterocycles. The van der Waals surface area contributed by atoms with Gasteiger partial charge in [0.05, 0.1) is 11.8 Å². The quantitative estimate of drug-likeness (QED) is 0.872. The molecule has 0 radical (unpaired) electrons.